The molecule has 6 heteroatoms. The Balaban J connectivity index is 1.70. The van der Waals surface area contributed by atoms with Crippen molar-refractivity contribution >= 4 is 5.96 Å². The molecule has 1 atom stereocenters. The zero-order valence-electron chi connectivity index (χ0n) is 17.9. The lowest BCUT2D eigenvalue weighted by Gasteiger charge is -2.29. The molecule has 1 aliphatic rings. The number of ether oxygens (including phenoxy) is 1. The van der Waals surface area contributed by atoms with Crippen LogP contribution in [-0.2, 0) is 6.54 Å². The van der Waals surface area contributed by atoms with Crippen molar-refractivity contribution in [3.63, 3.8) is 0 Å². The van der Waals surface area contributed by atoms with Gasteiger partial charge in [-0.1, -0.05) is 24.3 Å². The standard InChI is InChI=1S/C24H31N5O/c1-3-26-24(27-17-20-11-9-19(16-25)10-12-20)28-18-23(29-13-4-5-14-29)21-7-6-8-22(15-21)30-2/h6-12,15,23H,3-5,13-14,17-18H2,1-2H3,(H2,26,27,28). The lowest BCUT2D eigenvalue weighted by Crippen LogP contribution is -2.42. The average molecular weight is 406 g/mol. The molecule has 0 aliphatic carbocycles. The van der Waals surface area contributed by atoms with Crippen molar-refractivity contribution in [2.45, 2.75) is 32.4 Å². The topological polar surface area (TPSA) is 72.7 Å². The van der Waals surface area contributed by atoms with Gasteiger partial charge in [-0.15, -0.1) is 0 Å². The van der Waals surface area contributed by atoms with E-state index in [1.807, 2.05) is 30.3 Å². The van der Waals surface area contributed by atoms with Crippen LogP contribution in [0.5, 0.6) is 5.75 Å². The van der Waals surface area contributed by atoms with E-state index in [1.54, 1.807) is 7.11 Å². The van der Waals surface area contributed by atoms with Gasteiger partial charge >= 0.3 is 0 Å². The molecule has 1 saturated heterocycles. The molecule has 30 heavy (non-hydrogen) atoms. The fourth-order valence-corrected chi connectivity index (χ4v) is 3.75. The molecule has 2 aromatic rings. The van der Waals surface area contributed by atoms with Gasteiger partial charge in [-0.2, -0.15) is 5.26 Å². The molecule has 0 aromatic heterocycles. The maximum atomic E-state index is 8.95. The number of rotatable bonds is 8. The molecule has 0 saturated carbocycles. The van der Waals surface area contributed by atoms with Crippen molar-refractivity contribution in [3.05, 3.63) is 65.2 Å². The van der Waals surface area contributed by atoms with Crippen molar-refractivity contribution in [1.82, 2.24) is 15.5 Å². The van der Waals surface area contributed by atoms with E-state index >= 15 is 0 Å². The molecular weight excluding hydrogens is 374 g/mol. The Hall–Kier alpha value is -3.04. The highest BCUT2D eigenvalue weighted by molar-refractivity contribution is 5.79. The number of hydrogen-bond donors (Lipinski definition) is 2. The lowest BCUT2D eigenvalue weighted by atomic mass is 10.1. The molecule has 3 rings (SSSR count). The summed E-state index contributed by atoms with van der Waals surface area (Å²) in [6.07, 6.45) is 2.49. The molecule has 2 N–H and O–H groups in total. The predicted octanol–water partition coefficient (Wildman–Crippen LogP) is 3.46. The molecule has 0 bridgehead atoms. The second kappa shape index (κ2) is 11.2. The summed E-state index contributed by atoms with van der Waals surface area (Å²) in [6, 6.07) is 18.3. The molecule has 2 aromatic carbocycles. The summed E-state index contributed by atoms with van der Waals surface area (Å²) < 4.78 is 5.44. The average Bonchev–Trinajstić information content (AvgIpc) is 3.32. The zero-order valence-corrected chi connectivity index (χ0v) is 17.9. The number of nitriles is 1. The van der Waals surface area contributed by atoms with Crippen LogP contribution in [0.1, 0.15) is 42.5 Å². The Labute approximate surface area is 179 Å². The number of aliphatic imine (C=N–C) groups is 1. The van der Waals surface area contributed by atoms with E-state index in [1.165, 1.54) is 18.4 Å². The Morgan fingerprint density at radius 1 is 1.17 bits per heavy atom. The fraction of sp³-hybridized carbons (Fsp3) is 0.417. The van der Waals surface area contributed by atoms with Crippen molar-refractivity contribution in [1.29, 1.82) is 5.26 Å². The van der Waals surface area contributed by atoms with Gasteiger partial charge in [0.25, 0.3) is 0 Å². The summed E-state index contributed by atoms with van der Waals surface area (Å²) in [4.78, 5) is 7.27. The van der Waals surface area contributed by atoms with E-state index in [0.717, 1.165) is 43.5 Å². The first-order chi connectivity index (χ1) is 14.7. The zero-order chi connectivity index (χ0) is 21.2. The van der Waals surface area contributed by atoms with Gasteiger partial charge in [0.2, 0.25) is 0 Å². The SMILES string of the molecule is CCNC(=NCc1ccc(C#N)cc1)NCC(c1cccc(OC)c1)N1CCCC1. The van der Waals surface area contributed by atoms with Crippen LogP contribution in [0.25, 0.3) is 0 Å². The summed E-state index contributed by atoms with van der Waals surface area (Å²) in [7, 11) is 1.71. The van der Waals surface area contributed by atoms with Crippen LogP contribution in [0.4, 0.5) is 0 Å². The number of hydrogen-bond acceptors (Lipinski definition) is 4. The summed E-state index contributed by atoms with van der Waals surface area (Å²) in [5, 5.41) is 15.8. The number of likely N-dealkylation sites (tertiary alicyclic amines) is 1. The minimum absolute atomic E-state index is 0.265. The third kappa shape index (κ3) is 5.98. The highest BCUT2D eigenvalue weighted by Crippen LogP contribution is 2.27. The summed E-state index contributed by atoms with van der Waals surface area (Å²) in [6.45, 7) is 6.43. The third-order valence-corrected chi connectivity index (χ3v) is 5.37. The van der Waals surface area contributed by atoms with Crippen LogP contribution in [0.2, 0.25) is 0 Å². The van der Waals surface area contributed by atoms with E-state index in [9.17, 15) is 0 Å². The summed E-state index contributed by atoms with van der Waals surface area (Å²) >= 11 is 0. The molecule has 0 spiro atoms. The van der Waals surface area contributed by atoms with Crippen molar-refractivity contribution in [3.8, 4) is 11.8 Å². The van der Waals surface area contributed by atoms with Gasteiger partial charge in [0, 0.05) is 13.1 Å². The highest BCUT2D eigenvalue weighted by atomic mass is 16.5. The Morgan fingerprint density at radius 2 is 1.93 bits per heavy atom. The second-order valence-electron chi connectivity index (χ2n) is 7.42. The molecule has 1 aliphatic heterocycles. The van der Waals surface area contributed by atoms with Crippen LogP contribution in [-0.4, -0.2) is 44.1 Å². The number of methoxy groups -OCH3 is 1. The van der Waals surface area contributed by atoms with Crippen molar-refractivity contribution in [2.24, 2.45) is 4.99 Å². The minimum atomic E-state index is 0.265. The summed E-state index contributed by atoms with van der Waals surface area (Å²) in [5.74, 6) is 1.69. The smallest absolute Gasteiger partial charge is 0.191 e. The Kier molecular flexibility index (Phi) is 8.10. The van der Waals surface area contributed by atoms with Gasteiger partial charge < -0.3 is 15.4 Å². The molecule has 0 radical (unpaired) electrons. The monoisotopic (exact) mass is 405 g/mol. The third-order valence-electron chi connectivity index (χ3n) is 5.37. The lowest BCUT2D eigenvalue weighted by molar-refractivity contribution is 0.245. The minimum Gasteiger partial charge on any atom is -0.497 e. The van der Waals surface area contributed by atoms with Crippen LogP contribution >= 0.6 is 0 Å². The van der Waals surface area contributed by atoms with Crippen LogP contribution in [0.15, 0.2) is 53.5 Å². The second-order valence-corrected chi connectivity index (χ2v) is 7.42. The molecular formula is C24H31N5O. The fourth-order valence-electron chi connectivity index (χ4n) is 3.75. The van der Waals surface area contributed by atoms with Crippen LogP contribution in [0.3, 0.4) is 0 Å². The van der Waals surface area contributed by atoms with Crippen molar-refractivity contribution < 1.29 is 4.74 Å². The van der Waals surface area contributed by atoms with E-state index in [-0.39, 0.29) is 6.04 Å². The molecule has 1 unspecified atom stereocenters. The highest BCUT2D eigenvalue weighted by Gasteiger charge is 2.24. The normalized spacial score (nSPS) is 15.4. The molecule has 6 nitrogen and oxygen atoms in total. The van der Waals surface area contributed by atoms with Gasteiger partial charge in [0.1, 0.15) is 5.75 Å². The molecule has 1 heterocycles. The van der Waals surface area contributed by atoms with Gasteiger partial charge in [-0.25, -0.2) is 4.99 Å². The van der Waals surface area contributed by atoms with Crippen LogP contribution < -0.4 is 15.4 Å². The van der Waals surface area contributed by atoms with Crippen LogP contribution in [0, 0.1) is 11.3 Å². The predicted molar refractivity (Wildman–Crippen MR) is 121 cm³/mol. The van der Waals surface area contributed by atoms with Gasteiger partial charge in [-0.3, -0.25) is 4.90 Å². The first-order valence-corrected chi connectivity index (χ1v) is 10.6. The van der Waals surface area contributed by atoms with E-state index in [4.69, 9.17) is 15.0 Å². The number of nitrogens with one attached hydrogen (secondary N) is 2. The number of guanidine groups is 1. The van der Waals surface area contributed by atoms with Crippen molar-refractivity contribution in [2.75, 3.05) is 33.3 Å². The van der Waals surface area contributed by atoms with E-state index < -0.39 is 0 Å². The largest absolute Gasteiger partial charge is 0.497 e. The first kappa shape index (κ1) is 21.7. The quantitative estimate of drug-likeness (QED) is 0.520. The molecule has 158 valence electrons. The molecule has 1 fully saturated rings. The number of nitrogens with zero attached hydrogens (tertiary/aromatic N) is 3. The molecule has 0 amide bonds. The van der Waals surface area contributed by atoms with Gasteiger partial charge in [0.05, 0.1) is 31.3 Å². The summed E-state index contributed by atoms with van der Waals surface area (Å²) in [5.41, 5.74) is 3.00. The van der Waals surface area contributed by atoms with E-state index in [0.29, 0.717) is 12.1 Å². The maximum Gasteiger partial charge on any atom is 0.191 e. The van der Waals surface area contributed by atoms with Gasteiger partial charge in [-0.05, 0) is 68.2 Å². The van der Waals surface area contributed by atoms with Gasteiger partial charge in [0.15, 0.2) is 5.96 Å². The van der Waals surface area contributed by atoms with E-state index in [2.05, 4.69) is 46.7 Å². The Morgan fingerprint density at radius 3 is 2.60 bits per heavy atom. The first-order valence-electron chi connectivity index (χ1n) is 10.6. The maximum absolute atomic E-state index is 8.95. The Bertz CT molecular complexity index is 866. The number of benzene rings is 2.